The second-order valence-electron chi connectivity index (χ2n) is 6.75. The number of benzene rings is 1. The molecule has 9 heteroatoms. The number of carbonyl (C=O) groups is 2. The molecule has 2 amide bonds. The molecule has 1 aromatic carbocycles. The van der Waals surface area contributed by atoms with Crippen molar-refractivity contribution >= 4 is 33.8 Å². The van der Waals surface area contributed by atoms with Crippen LogP contribution in [0, 0.1) is 17.1 Å². The van der Waals surface area contributed by atoms with Crippen molar-refractivity contribution in [3.63, 3.8) is 0 Å². The SMILES string of the molecule is N#Cc1ccsc1NC(=O)CCN1CCN(CC(=O)Nc2cccc(F)c2)CC1. The lowest BCUT2D eigenvalue weighted by atomic mass is 10.2. The summed E-state index contributed by atoms with van der Waals surface area (Å²) in [5.41, 5.74) is 0.929. The average Bonchev–Trinajstić information content (AvgIpc) is 3.14. The van der Waals surface area contributed by atoms with Crippen molar-refractivity contribution in [2.75, 3.05) is 49.9 Å². The predicted molar refractivity (Wildman–Crippen MR) is 110 cm³/mol. The molecule has 29 heavy (non-hydrogen) atoms. The highest BCUT2D eigenvalue weighted by Crippen LogP contribution is 2.22. The number of hydrogen-bond acceptors (Lipinski definition) is 6. The number of thiophene rings is 1. The van der Waals surface area contributed by atoms with Crippen molar-refractivity contribution < 1.29 is 14.0 Å². The molecular formula is C20H22FN5O2S. The van der Waals surface area contributed by atoms with E-state index >= 15 is 0 Å². The summed E-state index contributed by atoms with van der Waals surface area (Å²) in [4.78, 5) is 28.4. The van der Waals surface area contributed by atoms with E-state index in [1.54, 1.807) is 23.6 Å². The Hall–Kier alpha value is -2.80. The van der Waals surface area contributed by atoms with E-state index in [0.717, 1.165) is 26.2 Å². The number of carbonyl (C=O) groups excluding carboxylic acids is 2. The first-order valence-electron chi connectivity index (χ1n) is 9.31. The van der Waals surface area contributed by atoms with Gasteiger partial charge in [-0.2, -0.15) is 5.26 Å². The predicted octanol–water partition coefficient (Wildman–Crippen LogP) is 2.34. The van der Waals surface area contributed by atoms with Crippen LogP contribution < -0.4 is 10.6 Å². The zero-order valence-corrected chi connectivity index (χ0v) is 16.7. The highest BCUT2D eigenvalue weighted by molar-refractivity contribution is 7.14. The summed E-state index contributed by atoms with van der Waals surface area (Å²) in [6.45, 7) is 3.86. The number of halogens is 1. The van der Waals surface area contributed by atoms with Gasteiger partial charge in [0.1, 0.15) is 16.9 Å². The monoisotopic (exact) mass is 415 g/mol. The molecule has 7 nitrogen and oxygen atoms in total. The van der Waals surface area contributed by atoms with E-state index in [-0.39, 0.29) is 24.2 Å². The minimum atomic E-state index is -0.386. The highest BCUT2D eigenvalue weighted by atomic mass is 32.1. The van der Waals surface area contributed by atoms with Gasteiger partial charge in [-0.1, -0.05) is 6.07 Å². The molecule has 0 saturated carbocycles. The third-order valence-corrected chi connectivity index (χ3v) is 5.46. The number of rotatable bonds is 7. The lowest BCUT2D eigenvalue weighted by Crippen LogP contribution is -2.49. The van der Waals surface area contributed by atoms with Crippen LogP contribution >= 0.6 is 11.3 Å². The Kier molecular flexibility index (Phi) is 7.30. The van der Waals surface area contributed by atoms with E-state index in [4.69, 9.17) is 5.26 Å². The quantitative estimate of drug-likeness (QED) is 0.725. The second kappa shape index (κ2) is 10.1. The first kappa shape index (κ1) is 20.9. The van der Waals surface area contributed by atoms with Crippen molar-refractivity contribution in [3.8, 4) is 6.07 Å². The molecule has 2 heterocycles. The van der Waals surface area contributed by atoms with Crippen molar-refractivity contribution in [2.45, 2.75) is 6.42 Å². The molecule has 0 aliphatic carbocycles. The Morgan fingerprint density at radius 3 is 2.59 bits per heavy atom. The second-order valence-corrected chi connectivity index (χ2v) is 7.67. The summed E-state index contributed by atoms with van der Waals surface area (Å²) in [5, 5.41) is 16.8. The van der Waals surface area contributed by atoms with E-state index in [9.17, 15) is 14.0 Å². The van der Waals surface area contributed by atoms with Gasteiger partial charge < -0.3 is 15.5 Å². The lowest BCUT2D eigenvalue weighted by Gasteiger charge is -2.34. The molecular weight excluding hydrogens is 393 g/mol. The van der Waals surface area contributed by atoms with Gasteiger partial charge in [0.25, 0.3) is 0 Å². The maximum Gasteiger partial charge on any atom is 0.238 e. The largest absolute Gasteiger partial charge is 0.325 e. The van der Waals surface area contributed by atoms with E-state index in [1.165, 1.54) is 23.5 Å². The molecule has 0 atom stereocenters. The van der Waals surface area contributed by atoms with Crippen LogP contribution in [-0.4, -0.2) is 60.9 Å². The molecule has 1 aliphatic rings. The van der Waals surface area contributed by atoms with E-state index in [0.29, 0.717) is 29.2 Å². The Balaban J connectivity index is 1.35. The number of anilines is 2. The van der Waals surface area contributed by atoms with Crippen molar-refractivity contribution in [2.24, 2.45) is 0 Å². The van der Waals surface area contributed by atoms with Crippen molar-refractivity contribution in [3.05, 3.63) is 47.1 Å². The molecule has 0 radical (unpaired) electrons. The topological polar surface area (TPSA) is 88.5 Å². The molecule has 1 aromatic heterocycles. The van der Waals surface area contributed by atoms with Gasteiger partial charge in [-0.3, -0.25) is 14.5 Å². The fourth-order valence-corrected chi connectivity index (χ4v) is 3.84. The van der Waals surface area contributed by atoms with Crippen LogP contribution in [0.5, 0.6) is 0 Å². The molecule has 1 aliphatic heterocycles. The number of piperazine rings is 1. The van der Waals surface area contributed by atoms with Gasteiger partial charge >= 0.3 is 0 Å². The van der Waals surface area contributed by atoms with Gasteiger partial charge in [-0.25, -0.2) is 4.39 Å². The summed E-state index contributed by atoms with van der Waals surface area (Å²) < 4.78 is 13.2. The maximum atomic E-state index is 13.2. The van der Waals surface area contributed by atoms with Crippen molar-refractivity contribution in [1.29, 1.82) is 5.26 Å². The first-order valence-corrected chi connectivity index (χ1v) is 10.2. The minimum absolute atomic E-state index is 0.110. The van der Waals surface area contributed by atoms with Crippen LogP contribution in [0.15, 0.2) is 35.7 Å². The number of nitrogens with zero attached hydrogens (tertiary/aromatic N) is 3. The average molecular weight is 415 g/mol. The molecule has 2 N–H and O–H groups in total. The smallest absolute Gasteiger partial charge is 0.238 e. The zero-order chi connectivity index (χ0) is 20.6. The van der Waals surface area contributed by atoms with Crippen LogP contribution in [0.3, 0.4) is 0 Å². The maximum absolute atomic E-state index is 13.2. The molecule has 1 fully saturated rings. The normalized spacial score (nSPS) is 14.9. The van der Waals surface area contributed by atoms with E-state index in [1.807, 2.05) is 4.90 Å². The first-order chi connectivity index (χ1) is 14.0. The van der Waals surface area contributed by atoms with Crippen LogP contribution in [0.4, 0.5) is 15.1 Å². The number of hydrogen-bond donors (Lipinski definition) is 2. The van der Waals surface area contributed by atoms with Gasteiger partial charge in [0, 0.05) is 44.8 Å². The Labute approximate surface area is 172 Å². The molecule has 0 bridgehead atoms. The molecule has 0 unspecified atom stereocenters. The van der Waals surface area contributed by atoms with Crippen molar-refractivity contribution in [1.82, 2.24) is 9.80 Å². The molecule has 2 aromatic rings. The van der Waals surface area contributed by atoms with E-state index < -0.39 is 0 Å². The summed E-state index contributed by atoms with van der Waals surface area (Å²) in [7, 11) is 0. The van der Waals surface area contributed by atoms with Gasteiger partial charge in [0.15, 0.2) is 0 Å². The standard InChI is InChI=1S/C20H22FN5O2S/c21-16-2-1-3-17(12-16)23-19(28)14-26-9-7-25(8-10-26)6-4-18(27)24-20-15(13-22)5-11-29-20/h1-3,5,11-12H,4,6-10,14H2,(H,23,28)(H,24,27). The van der Waals surface area contributed by atoms with Crippen LogP contribution in [0.25, 0.3) is 0 Å². The van der Waals surface area contributed by atoms with Gasteiger partial charge in [-0.05, 0) is 29.6 Å². The zero-order valence-electron chi connectivity index (χ0n) is 15.9. The Morgan fingerprint density at radius 1 is 1.10 bits per heavy atom. The summed E-state index contributed by atoms with van der Waals surface area (Å²) in [6, 6.07) is 9.56. The highest BCUT2D eigenvalue weighted by Gasteiger charge is 2.20. The molecule has 152 valence electrons. The van der Waals surface area contributed by atoms with Gasteiger partial charge in [0.05, 0.1) is 12.1 Å². The third-order valence-electron chi connectivity index (χ3n) is 4.63. The van der Waals surface area contributed by atoms with Crippen LogP contribution in [-0.2, 0) is 9.59 Å². The fourth-order valence-electron chi connectivity index (χ4n) is 3.08. The molecule has 3 rings (SSSR count). The third kappa shape index (κ3) is 6.35. The molecule has 0 spiro atoms. The van der Waals surface area contributed by atoms with Gasteiger partial charge in [0.2, 0.25) is 11.8 Å². The number of amides is 2. The minimum Gasteiger partial charge on any atom is -0.325 e. The number of nitrogens with one attached hydrogen (secondary N) is 2. The van der Waals surface area contributed by atoms with Crippen LogP contribution in [0.2, 0.25) is 0 Å². The summed E-state index contributed by atoms with van der Waals surface area (Å²) >= 11 is 1.34. The Bertz CT molecular complexity index is 902. The number of nitriles is 1. The lowest BCUT2D eigenvalue weighted by molar-refractivity contribution is -0.117. The Morgan fingerprint density at radius 2 is 1.86 bits per heavy atom. The summed E-state index contributed by atoms with van der Waals surface area (Å²) in [5.74, 6) is -0.670. The van der Waals surface area contributed by atoms with Gasteiger partial charge in [-0.15, -0.1) is 11.3 Å². The fraction of sp³-hybridized carbons (Fsp3) is 0.350. The van der Waals surface area contributed by atoms with E-state index in [2.05, 4.69) is 21.6 Å². The summed E-state index contributed by atoms with van der Waals surface area (Å²) in [6.07, 6.45) is 0.350. The van der Waals surface area contributed by atoms with Crippen LogP contribution in [0.1, 0.15) is 12.0 Å². The molecule has 1 saturated heterocycles.